The minimum Gasteiger partial charge on any atom is -0.480 e. The van der Waals surface area contributed by atoms with Gasteiger partial charge in [-0.2, -0.15) is 0 Å². The number of carboxylic acids is 4. The molecule has 1 aromatic rings. The predicted octanol–water partition coefficient (Wildman–Crippen LogP) is 0.943. The first-order valence-corrected chi connectivity index (χ1v) is 14.2. The molecule has 0 aliphatic carbocycles. The number of carbonyl (C=O) groups is 4. The summed E-state index contributed by atoms with van der Waals surface area (Å²) >= 11 is 5.48. The number of aliphatic carboxylic acids is 4. The molecule has 1 fully saturated rings. The maximum atomic E-state index is 11.9. The largest absolute Gasteiger partial charge is 0.480 e. The van der Waals surface area contributed by atoms with Crippen LogP contribution < -0.4 is 5.32 Å². The van der Waals surface area contributed by atoms with Crippen LogP contribution in [0.3, 0.4) is 0 Å². The molecule has 0 spiro atoms. The summed E-state index contributed by atoms with van der Waals surface area (Å²) in [5.74, 6) is -4.18. The summed E-state index contributed by atoms with van der Waals surface area (Å²) in [4.78, 5) is 54.1. The number of hydrogen-bond donors (Lipinski definition) is 5. The molecule has 0 saturated carbocycles. The van der Waals surface area contributed by atoms with Gasteiger partial charge in [0, 0.05) is 63.0 Å². The summed E-state index contributed by atoms with van der Waals surface area (Å²) in [6.45, 7) is 6.59. The third-order valence-corrected chi connectivity index (χ3v) is 7.65. The standard InChI is InChI=1S/C28H43N5O8S/c1-28(2,3)27(42)29-21-6-4-20(5-7-21)14-22-15-32(18-25(38)39)11-10-30(16-23(34)35)8-9-31(17-24(36)37)12-13-33(22)19-26(40)41/h4-7,22H,8-19H2,1-3H3,(H,29,42)(H,34,35)(H,36,37)(H,38,39)(H,40,41). The van der Waals surface area contributed by atoms with E-state index in [0.717, 1.165) is 11.3 Å². The van der Waals surface area contributed by atoms with Gasteiger partial charge < -0.3 is 25.7 Å². The molecule has 0 aromatic heterocycles. The Labute approximate surface area is 251 Å². The molecule has 1 aliphatic rings. The molecule has 2 rings (SSSR count). The van der Waals surface area contributed by atoms with E-state index in [4.69, 9.17) is 12.2 Å². The van der Waals surface area contributed by atoms with E-state index in [1.54, 1.807) is 19.6 Å². The van der Waals surface area contributed by atoms with E-state index in [9.17, 15) is 39.6 Å². The van der Waals surface area contributed by atoms with Gasteiger partial charge in [0.15, 0.2) is 0 Å². The van der Waals surface area contributed by atoms with Crippen LogP contribution >= 0.6 is 12.2 Å². The van der Waals surface area contributed by atoms with Crippen molar-refractivity contribution >= 4 is 46.8 Å². The second-order valence-electron chi connectivity index (χ2n) is 11.6. The highest BCUT2D eigenvalue weighted by atomic mass is 32.1. The predicted molar refractivity (Wildman–Crippen MR) is 161 cm³/mol. The second kappa shape index (κ2) is 16.5. The highest BCUT2D eigenvalue weighted by Crippen LogP contribution is 2.20. The third-order valence-electron chi connectivity index (χ3n) is 6.93. The average molecular weight is 610 g/mol. The van der Waals surface area contributed by atoms with Crippen LogP contribution in [0, 0.1) is 5.41 Å². The maximum absolute atomic E-state index is 11.9. The molecule has 1 heterocycles. The minimum absolute atomic E-state index is 0.207. The number of thiocarbonyl (C=S) groups is 1. The highest BCUT2D eigenvalue weighted by molar-refractivity contribution is 7.80. The molecule has 1 aromatic carbocycles. The lowest BCUT2D eigenvalue weighted by Gasteiger charge is -2.37. The minimum atomic E-state index is -1.05. The van der Waals surface area contributed by atoms with Gasteiger partial charge in [-0.25, -0.2) is 0 Å². The Bertz CT molecular complexity index is 1090. The first-order valence-electron chi connectivity index (χ1n) is 13.8. The molecule has 0 bridgehead atoms. The van der Waals surface area contributed by atoms with Crippen LogP contribution in [0.15, 0.2) is 24.3 Å². The van der Waals surface area contributed by atoms with Crippen LogP contribution in [0.4, 0.5) is 5.69 Å². The number of benzene rings is 1. The van der Waals surface area contributed by atoms with Crippen LogP contribution in [0.1, 0.15) is 26.3 Å². The number of hydrogen-bond acceptors (Lipinski definition) is 9. The molecular weight excluding hydrogens is 566 g/mol. The lowest BCUT2D eigenvalue weighted by molar-refractivity contribution is -0.142. The molecule has 42 heavy (non-hydrogen) atoms. The van der Waals surface area contributed by atoms with Crippen molar-refractivity contribution in [1.82, 2.24) is 19.6 Å². The number of anilines is 1. The number of nitrogens with one attached hydrogen (secondary N) is 1. The molecule has 14 heteroatoms. The van der Waals surface area contributed by atoms with Gasteiger partial charge >= 0.3 is 23.9 Å². The molecule has 0 amide bonds. The van der Waals surface area contributed by atoms with Gasteiger partial charge in [0.1, 0.15) is 0 Å². The SMILES string of the molecule is CC(C)(C)C(=S)Nc1ccc(CC2CN(CC(=O)O)CCN(CC(=O)O)CCN(CC(=O)O)CCN2CC(=O)O)cc1. The van der Waals surface area contributed by atoms with Crippen molar-refractivity contribution in [3.05, 3.63) is 29.8 Å². The highest BCUT2D eigenvalue weighted by Gasteiger charge is 2.27. The number of nitrogens with zero attached hydrogens (tertiary/aromatic N) is 4. The van der Waals surface area contributed by atoms with Gasteiger partial charge in [0.2, 0.25) is 0 Å². The monoisotopic (exact) mass is 609 g/mol. The molecule has 13 nitrogen and oxygen atoms in total. The molecular formula is C28H43N5O8S. The van der Waals surface area contributed by atoms with Crippen LogP contribution in [0.2, 0.25) is 0 Å². The molecule has 234 valence electrons. The lowest BCUT2D eigenvalue weighted by Crippen LogP contribution is -2.53. The topological polar surface area (TPSA) is 174 Å². The van der Waals surface area contributed by atoms with E-state index in [-0.39, 0.29) is 77.4 Å². The van der Waals surface area contributed by atoms with Gasteiger partial charge in [0.05, 0.1) is 31.2 Å². The Morgan fingerprint density at radius 1 is 0.738 bits per heavy atom. The zero-order chi connectivity index (χ0) is 31.4. The van der Waals surface area contributed by atoms with Crippen molar-refractivity contribution in [2.75, 3.05) is 77.3 Å². The van der Waals surface area contributed by atoms with Gasteiger partial charge in [-0.05, 0) is 24.1 Å². The Kier molecular flexibility index (Phi) is 13.7. The van der Waals surface area contributed by atoms with E-state index >= 15 is 0 Å². The molecule has 1 aliphatic heterocycles. The third kappa shape index (κ3) is 13.2. The van der Waals surface area contributed by atoms with Crippen molar-refractivity contribution < 1.29 is 39.6 Å². The van der Waals surface area contributed by atoms with Crippen molar-refractivity contribution in [3.63, 3.8) is 0 Å². The summed E-state index contributed by atoms with van der Waals surface area (Å²) in [5, 5.41) is 41.4. The summed E-state index contributed by atoms with van der Waals surface area (Å²) in [6.07, 6.45) is 0.408. The second-order valence-corrected chi connectivity index (χ2v) is 12.0. The Morgan fingerprint density at radius 3 is 1.62 bits per heavy atom. The molecule has 1 atom stereocenters. The summed E-state index contributed by atoms with van der Waals surface area (Å²) in [5.41, 5.74) is 1.51. The first kappa shape index (κ1) is 35.0. The van der Waals surface area contributed by atoms with Crippen LogP contribution in [0.25, 0.3) is 0 Å². The van der Waals surface area contributed by atoms with E-state index in [1.165, 1.54) is 0 Å². The summed E-state index contributed by atoms with van der Waals surface area (Å²) < 4.78 is 0. The fourth-order valence-electron chi connectivity index (χ4n) is 4.67. The number of rotatable bonds is 11. The fraction of sp³-hybridized carbons (Fsp3) is 0.607. The van der Waals surface area contributed by atoms with Crippen molar-refractivity contribution in [2.24, 2.45) is 5.41 Å². The van der Waals surface area contributed by atoms with Gasteiger partial charge in [-0.15, -0.1) is 0 Å². The van der Waals surface area contributed by atoms with E-state index in [0.29, 0.717) is 11.4 Å². The van der Waals surface area contributed by atoms with Gasteiger partial charge in [0.25, 0.3) is 0 Å². The van der Waals surface area contributed by atoms with Crippen molar-refractivity contribution in [2.45, 2.75) is 33.2 Å². The zero-order valence-corrected chi connectivity index (χ0v) is 25.3. The Morgan fingerprint density at radius 2 is 1.17 bits per heavy atom. The Hall–Kier alpha value is -3.17. The van der Waals surface area contributed by atoms with Crippen molar-refractivity contribution in [3.8, 4) is 0 Å². The smallest absolute Gasteiger partial charge is 0.317 e. The van der Waals surface area contributed by atoms with Gasteiger partial charge in [-0.1, -0.05) is 45.1 Å². The zero-order valence-electron chi connectivity index (χ0n) is 24.5. The van der Waals surface area contributed by atoms with Crippen molar-refractivity contribution in [1.29, 1.82) is 0 Å². The van der Waals surface area contributed by atoms with Crippen LogP contribution in [-0.2, 0) is 25.6 Å². The normalized spacial score (nSPS) is 18.9. The number of carboxylic acid groups (broad SMARTS) is 4. The van der Waals surface area contributed by atoms with Crippen LogP contribution in [-0.4, -0.2) is 147 Å². The van der Waals surface area contributed by atoms with E-state index in [1.807, 2.05) is 45.0 Å². The molecule has 1 saturated heterocycles. The molecule has 1 unspecified atom stereocenters. The first-order chi connectivity index (χ1) is 19.6. The summed E-state index contributed by atoms with van der Waals surface area (Å²) in [6, 6.07) is 7.18. The van der Waals surface area contributed by atoms with E-state index < -0.39 is 29.9 Å². The lowest BCUT2D eigenvalue weighted by atomic mass is 9.96. The average Bonchev–Trinajstić information content (AvgIpc) is 2.85. The van der Waals surface area contributed by atoms with Gasteiger partial charge in [-0.3, -0.25) is 38.8 Å². The Balaban J connectivity index is 2.39. The van der Waals surface area contributed by atoms with Crippen LogP contribution in [0.5, 0.6) is 0 Å². The molecule has 0 radical (unpaired) electrons. The molecule has 5 N–H and O–H groups in total. The summed E-state index contributed by atoms with van der Waals surface area (Å²) in [7, 11) is 0. The fourth-order valence-corrected chi connectivity index (χ4v) is 4.79. The van der Waals surface area contributed by atoms with E-state index in [2.05, 4.69) is 5.32 Å². The maximum Gasteiger partial charge on any atom is 0.317 e. The quantitative estimate of drug-likeness (QED) is 0.224.